The summed E-state index contributed by atoms with van der Waals surface area (Å²) in [6.45, 7) is 5.13. The summed E-state index contributed by atoms with van der Waals surface area (Å²) in [7, 11) is 0. The summed E-state index contributed by atoms with van der Waals surface area (Å²) >= 11 is 0. The number of nitrogens with one attached hydrogen (secondary N) is 1. The Balaban J connectivity index is 1.93. The summed E-state index contributed by atoms with van der Waals surface area (Å²) in [6, 6.07) is 6.69. The number of hydrogen-bond acceptors (Lipinski definition) is 2. The Kier molecular flexibility index (Phi) is 5.59. The number of anilines is 1. The van der Waals surface area contributed by atoms with E-state index in [4.69, 9.17) is 0 Å². The summed E-state index contributed by atoms with van der Waals surface area (Å²) in [6.07, 6.45) is 4.71. The molecule has 1 fully saturated rings. The molecule has 0 aliphatic heterocycles. The fourth-order valence-electron chi connectivity index (χ4n) is 3.01. The Morgan fingerprint density at radius 2 is 2.14 bits per heavy atom. The summed E-state index contributed by atoms with van der Waals surface area (Å²) in [5.41, 5.74) is 0.754. The molecule has 0 heterocycles. The zero-order chi connectivity index (χ0) is 15.2. The predicted molar refractivity (Wildman–Crippen MR) is 83.8 cm³/mol. The molecule has 0 bridgehead atoms. The number of nitrogens with zero attached hydrogens (tertiary/aromatic N) is 1. The van der Waals surface area contributed by atoms with Gasteiger partial charge in [0.05, 0.1) is 6.54 Å². The number of carbonyl (C=O) groups excluding carboxylic acids is 1. The van der Waals surface area contributed by atoms with Gasteiger partial charge in [0.15, 0.2) is 0 Å². The van der Waals surface area contributed by atoms with Gasteiger partial charge in [-0.05, 0) is 43.9 Å². The highest BCUT2D eigenvalue weighted by Crippen LogP contribution is 2.23. The highest BCUT2D eigenvalue weighted by Gasteiger charge is 2.23. The molecule has 1 saturated carbocycles. The van der Waals surface area contributed by atoms with Crippen molar-refractivity contribution in [2.45, 2.75) is 45.6 Å². The highest BCUT2D eigenvalue weighted by atomic mass is 19.1. The van der Waals surface area contributed by atoms with E-state index >= 15 is 0 Å². The largest absolute Gasteiger partial charge is 0.362 e. The lowest BCUT2D eigenvalue weighted by molar-refractivity contribution is -0.121. The number of hydrogen-bond donors (Lipinski definition) is 1. The standard InChI is InChI=1S/C17H25FN2O/c1-3-20(15-9-6-8-14(18)11-15)12-17(21)19-16-10-5-4-7-13(16)2/h6,8-9,11,13,16H,3-5,7,10,12H2,1-2H3,(H,19,21). The van der Waals surface area contributed by atoms with E-state index in [0.717, 1.165) is 12.1 Å². The lowest BCUT2D eigenvalue weighted by Gasteiger charge is -2.31. The van der Waals surface area contributed by atoms with E-state index in [1.807, 2.05) is 17.9 Å². The second-order valence-corrected chi connectivity index (χ2v) is 5.93. The van der Waals surface area contributed by atoms with Crippen LogP contribution in [-0.2, 0) is 4.79 Å². The summed E-state index contributed by atoms with van der Waals surface area (Å²) in [5.74, 6) is 0.305. The van der Waals surface area contributed by atoms with Crippen molar-refractivity contribution in [2.24, 2.45) is 5.92 Å². The van der Waals surface area contributed by atoms with Crippen molar-refractivity contribution in [3.63, 3.8) is 0 Å². The molecule has 21 heavy (non-hydrogen) atoms. The van der Waals surface area contributed by atoms with Crippen LogP contribution in [0.15, 0.2) is 24.3 Å². The van der Waals surface area contributed by atoms with E-state index in [-0.39, 0.29) is 24.3 Å². The maximum atomic E-state index is 13.3. The molecule has 1 aliphatic rings. The molecule has 0 spiro atoms. The second-order valence-electron chi connectivity index (χ2n) is 5.93. The van der Waals surface area contributed by atoms with E-state index in [1.165, 1.54) is 31.4 Å². The lowest BCUT2D eigenvalue weighted by Crippen LogP contribution is -2.45. The third kappa shape index (κ3) is 4.45. The summed E-state index contributed by atoms with van der Waals surface area (Å²) in [4.78, 5) is 14.1. The van der Waals surface area contributed by atoms with E-state index in [0.29, 0.717) is 12.5 Å². The van der Waals surface area contributed by atoms with E-state index < -0.39 is 0 Å². The number of carbonyl (C=O) groups is 1. The molecule has 1 aliphatic carbocycles. The minimum absolute atomic E-state index is 0.0276. The van der Waals surface area contributed by atoms with E-state index in [1.54, 1.807) is 6.07 Å². The van der Waals surface area contributed by atoms with Crippen LogP contribution in [0.1, 0.15) is 39.5 Å². The Morgan fingerprint density at radius 1 is 1.38 bits per heavy atom. The molecule has 1 aromatic rings. The van der Waals surface area contributed by atoms with Gasteiger partial charge in [0.2, 0.25) is 5.91 Å². The zero-order valence-corrected chi connectivity index (χ0v) is 12.9. The Morgan fingerprint density at radius 3 is 2.81 bits per heavy atom. The molecule has 1 aromatic carbocycles. The van der Waals surface area contributed by atoms with Gasteiger partial charge < -0.3 is 10.2 Å². The molecule has 0 radical (unpaired) electrons. The number of amides is 1. The molecular formula is C17H25FN2O. The third-order valence-electron chi connectivity index (χ3n) is 4.35. The normalized spacial score (nSPS) is 21.9. The van der Waals surface area contributed by atoms with Gasteiger partial charge in [-0.2, -0.15) is 0 Å². The fraction of sp³-hybridized carbons (Fsp3) is 0.588. The molecule has 1 amide bonds. The third-order valence-corrected chi connectivity index (χ3v) is 4.35. The number of halogens is 1. The first kappa shape index (κ1) is 15.8. The molecule has 116 valence electrons. The van der Waals surface area contributed by atoms with Gasteiger partial charge in [-0.1, -0.05) is 25.8 Å². The minimum Gasteiger partial charge on any atom is -0.362 e. The number of rotatable bonds is 5. The lowest BCUT2D eigenvalue weighted by atomic mass is 9.86. The smallest absolute Gasteiger partial charge is 0.239 e. The van der Waals surface area contributed by atoms with Gasteiger partial charge in [0, 0.05) is 18.3 Å². The summed E-state index contributed by atoms with van der Waals surface area (Å²) < 4.78 is 13.3. The fourth-order valence-corrected chi connectivity index (χ4v) is 3.01. The van der Waals surface area contributed by atoms with Gasteiger partial charge in [-0.25, -0.2) is 4.39 Å². The van der Waals surface area contributed by atoms with Gasteiger partial charge in [-0.15, -0.1) is 0 Å². The van der Waals surface area contributed by atoms with E-state index in [9.17, 15) is 9.18 Å². The van der Waals surface area contributed by atoms with Crippen LogP contribution in [0, 0.1) is 11.7 Å². The first-order valence-corrected chi connectivity index (χ1v) is 7.90. The number of likely N-dealkylation sites (N-methyl/N-ethyl adjacent to an activating group) is 1. The van der Waals surface area contributed by atoms with Crippen LogP contribution in [-0.4, -0.2) is 25.0 Å². The van der Waals surface area contributed by atoms with Crippen molar-refractivity contribution in [1.82, 2.24) is 5.32 Å². The van der Waals surface area contributed by atoms with Crippen LogP contribution in [0.5, 0.6) is 0 Å². The topological polar surface area (TPSA) is 32.3 Å². The molecule has 4 heteroatoms. The van der Waals surface area contributed by atoms with Crippen molar-refractivity contribution in [3.05, 3.63) is 30.1 Å². The second kappa shape index (κ2) is 7.43. The monoisotopic (exact) mass is 292 g/mol. The molecule has 2 atom stereocenters. The first-order chi connectivity index (χ1) is 10.1. The maximum Gasteiger partial charge on any atom is 0.239 e. The van der Waals surface area contributed by atoms with Crippen LogP contribution in [0.25, 0.3) is 0 Å². The summed E-state index contributed by atoms with van der Waals surface area (Å²) in [5, 5.41) is 3.14. The van der Waals surface area contributed by atoms with Crippen LogP contribution < -0.4 is 10.2 Å². The highest BCUT2D eigenvalue weighted by molar-refractivity contribution is 5.81. The zero-order valence-electron chi connectivity index (χ0n) is 12.9. The average Bonchev–Trinajstić information content (AvgIpc) is 2.47. The van der Waals surface area contributed by atoms with Crippen LogP contribution in [0.2, 0.25) is 0 Å². The molecule has 2 rings (SSSR count). The Labute approximate surface area is 126 Å². The van der Waals surface area contributed by atoms with Crippen molar-refractivity contribution in [2.75, 3.05) is 18.0 Å². The molecule has 3 nitrogen and oxygen atoms in total. The Hall–Kier alpha value is -1.58. The number of benzene rings is 1. The molecular weight excluding hydrogens is 267 g/mol. The molecule has 1 N–H and O–H groups in total. The van der Waals surface area contributed by atoms with Gasteiger partial charge in [0.1, 0.15) is 5.82 Å². The Bertz CT molecular complexity index is 478. The predicted octanol–water partition coefficient (Wildman–Crippen LogP) is 3.35. The molecule has 0 aromatic heterocycles. The van der Waals surface area contributed by atoms with Crippen molar-refractivity contribution < 1.29 is 9.18 Å². The SMILES string of the molecule is CCN(CC(=O)NC1CCCCC1C)c1cccc(F)c1. The first-order valence-electron chi connectivity index (χ1n) is 7.90. The average molecular weight is 292 g/mol. The molecule has 2 unspecified atom stereocenters. The van der Waals surface area contributed by atoms with E-state index in [2.05, 4.69) is 12.2 Å². The molecule has 0 saturated heterocycles. The van der Waals surface area contributed by atoms with Crippen LogP contribution in [0.3, 0.4) is 0 Å². The van der Waals surface area contributed by atoms with Crippen molar-refractivity contribution >= 4 is 11.6 Å². The van der Waals surface area contributed by atoms with Crippen molar-refractivity contribution in [3.8, 4) is 0 Å². The van der Waals surface area contributed by atoms with Crippen LogP contribution >= 0.6 is 0 Å². The van der Waals surface area contributed by atoms with Crippen LogP contribution in [0.4, 0.5) is 10.1 Å². The van der Waals surface area contributed by atoms with Crippen molar-refractivity contribution in [1.29, 1.82) is 0 Å². The minimum atomic E-state index is -0.271. The quantitative estimate of drug-likeness (QED) is 0.902. The van der Waals surface area contributed by atoms with Gasteiger partial charge in [0.25, 0.3) is 0 Å². The van der Waals surface area contributed by atoms with Gasteiger partial charge in [-0.3, -0.25) is 4.79 Å². The maximum absolute atomic E-state index is 13.3. The van der Waals surface area contributed by atoms with Gasteiger partial charge >= 0.3 is 0 Å².